The number of halogens is 1. The van der Waals surface area contributed by atoms with E-state index in [1.807, 2.05) is 12.1 Å². The summed E-state index contributed by atoms with van der Waals surface area (Å²) in [5.74, 6) is 0.0249. The van der Waals surface area contributed by atoms with E-state index in [0.717, 1.165) is 6.42 Å². The van der Waals surface area contributed by atoms with Crippen molar-refractivity contribution < 1.29 is 13.2 Å². The maximum absolute atomic E-state index is 12.5. The van der Waals surface area contributed by atoms with Crippen LogP contribution in [0.1, 0.15) is 18.5 Å². The molecule has 0 unspecified atom stereocenters. The summed E-state index contributed by atoms with van der Waals surface area (Å²) in [6, 6.07) is 11.5. The Morgan fingerprint density at radius 1 is 1.20 bits per heavy atom. The van der Waals surface area contributed by atoms with Crippen molar-refractivity contribution >= 4 is 50.8 Å². The normalized spacial score (nSPS) is 14.2. The van der Waals surface area contributed by atoms with Crippen molar-refractivity contribution in [1.82, 2.24) is 14.1 Å². The number of rotatable bonds is 5. The van der Waals surface area contributed by atoms with Gasteiger partial charge >= 0.3 is 0 Å². The molecule has 0 bridgehead atoms. The molecule has 0 aliphatic carbocycles. The van der Waals surface area contributed by atoms with Crippen LogP contribution >= 0.6 is 11.6 Å². The zero-order chi connectivity index (χ0) is 21.1. The van der Waals surface area contributed by atoms with E-state index in [1.165, 1.54) is 18.2 Å². The molecule has 0 saturated heterocycles. The first kappa shape index (κ1) is 20.1. The number of amides is 1. The molecule has 154 valence electrons. The second-order valence-corrected chi connectivity index (χ2v) is 8.64. The highest BCUT2D eigenvalue weighted by molar-refractivity contribution is 7.90. The number of anilines is 1. The molecule has 8 nitrogen and oxygen atoms in total. The quantitative estimate of drug-likeness (QED) is 0.591. The minimum atomic E-state index is -3.76. The number of sulfonamides is 1. The maximum Gasteiger partial charge on any atom is 0.262 e. The number of amidine groups is 1. The number of aromatic nitrogens is 2. The van der Waals surface area contributed by atoms with Gasteiger partial charge in [0, 0.05) is 30.9 Å². The van der Waals surface area contributed by atoms with Crippen LogP contribution in [-0.4, -0.2) is 36.1 Å². The lowest BCUT2D eigenvalue weighted by Gasteiger charge is -2.09. The van der Waals surface area contributed by atoms with Gasteiger partial charge in [-0.15, -0.1) is 0 Å². The molecule has 0 spiro atoms. The Bertz CT molecular complexity index is 1280. The first-order valence-electron chi connectivity index (χ1n) is 9.20. The van der Waals surface area contributed by atoms with Gasteiger partial charge in [-0.05, 0) is 42.8 Å². The Labute approximate surface area is 178 Å². The molecule has 0 atom stereocenters. The first-order chi connectivity index (χ1) is 14.4. The molecule has 1 aliphatic heterocycles. The minimum Gasteiger partial charge on any atom is -0.322 e. The fourth-order valence-electron chi connectivity index (χ4n) is 3.05. The van der Waals surface area contributed by atoms with Gasteiger partial charge in [0.2, 0.25) is 5.91 Å². The lowest BCUT2D eigenvalue weighted by atomic mass is 10.3. The maximum atomic E-state index is 12.5. The van der Waals surface area contributed by atoms with Crippen molar-refractivity contribution in [3.63, 3.8) is 0 Å². The number of aliphatic imine (C=N–C) groups is 1. The molecule has 4 rings (SSSR count). The number of hydrogen-bond acceptors (Lipinski definition) is 5. The number of imidazole rings is 1. The van der Waals surface area contributed by atoms with Gasteiger partial charge in [0.25, 0.3) is 10.0 Å². The van der Waals surface area contributed by atoms with Crippen LogP contribution in [0, 0.1) is 0 Å². The van der Waals surface area contributed by atoms with Crippen LogP contribution in [-0.2, 0) is 14.8 Å². The van der Waals surface area contributed by atoms with Crippen molar-refractivity contribution in [2.24, 2.45) is 4.99 Å². The van der Waals surface area contributed by atoms with E-state index in [0.29, 0.717) is 35.8 Å². The van der Waals surface area contributed by atoms with Crippen LogP contribution in [0.2, 0.25) is 5.15 Å². The Kier molecular flexibility index (Phi) is 5.56. The van der Waals surface area contributed by atoms with E-state index in [-0.39, 0.29) is 10.0 Å². The van der Waals surface area contributed by atoms with Crippen LogP contribution in [0.5, 0.6) is 0 Å². The van der Waals surface area contributed by atoms with E-state index in [9.17, 15) is 13.2 Å². The van der Waals surface area contributed by atoms with Gasteiger partial charge in [0.05, 0.1) is 10.6 Å². The summed E-state index contributed by atoms with van der Waals surface area (Å²) >= 11 is 6.15. The number of pyridine rings is 1. The molecule has 3 aromatic rings. The number of carbonyl (C=O) groups excluding carboxylic acids is 1. The van der Waals surface area contributed by atoms with E-state index in [2.05, 4.69) is 20.0 Å². The van der Waals surface area contributed by atoms with Crippen molar-refractivity contribution in [2.45, 2.75) is 17.7 Å². The average molecular weight is 444 g/mol. The fraction of sp³-hybridized carbons (Fsp3) is 0.150. The molecule has 2 N–H and O–H groups in total. The highest BCUT2D eigenvalue weighted by Gasteiger charge is 2.18. The summed E-state index contributed by atoms with van der Waals surface area (Å²) in [5.41, 5.74) is 1.59. The third-order valence-electron chi connectivity index (χ3n) is 4.45. The zero-order valence-electron chi connectivity index (χ0n) is 15.7. The van der Waals surface area contributed by atoms with Gasteiger partial charge in [-0.25, -0.2) is 13.4 Å². The summed E-state index contributed by atoms with van der Waals surface area (Å²) in [7, 11) is -3.76. The standard InChI is InChI=1S/C20H18ClN5O3S/c21-20-16(26-12-2-1-8-18(26)24-20)9-10-19(27)23-14-5-3-6-15(13-14)30(28,29)25-17-7-4-11-22-17/h1-3,5-6,8-10,12-13H,4,7,11H2,(H,22,25)(H,23,27)/b10-9+. The molecular weight excluding hydrogens is 426 g/mol. The molecule has 0 saturated carbocycles. The third kappa shape index (κ3) is 4.37. The third-order valence-corrected chi connectivity index (χ3v) is 6.11. The molecule has 0 radical (unpaired) electrons. The lowest BCUT2D eigenvalue weighted by molar-refractivity contribution is -0.111. The van der Waals surface area contributed by atoms with E-state index < -0.39 is 15.9 Å². The molecule has 1 aliphatic rings. The molecule has 1 amide bonds. The lowest BCUT2D eigenvalue weighted by Crippen LogP contribution is -2.29. The summed E-state index contributed by atoms with van der Waals surface area (Å²) in [5, 5.41) is 2.93. The number of nitrogens with zero attached hydrogens (tertiary/aromatic N) is 3. The van der Waals surface area contributed by atoms with Crippen molar-refractivity contribution in [1.29, 1.82) is 0 Å². The largest absolute Gasteiger partial charge is 0.322 e. The number of hydrogen-bond donors (Lipinski definition) is 2. The average Bonchev–Trinajstić information content (AvgIpc) is 3.33. The van der Waals surface area contributed by atoms with Gasteiger partial charge in [0.15, 0.2) is 5.15 Å². The number of nitrogens with one attached hydrogen (secondary N) is 2. The Balaban J connectivity index is 1.49. The zero-order valence-corrected chi connectivity index (χ0v) is 17.3. The smallest absolute Gasteiger partial charge is 0.262 e. The summed E-state index contributed by atoms with van der Waals surface area (Å²) in [4.78, 5) is 20.7. The SMILES string of the molecule is O=C(/C=C/c1c(Cl)nc2ccccn12)Nc1cccc(S(=O)(=O)NC2=NCCC2)c1. The predicted octanol–water partition coefficient (Wildman–Crippen LogP) is 3.11. The second kappa shape index (κ2) is 8.29. The van der Waals surface area contributed by atoms with Gasteiger partial charge < -0.3 is 5.32 Å². The Morgan fingerprint density at radius 2 is 2.07 bits per heavy atom. The van der Waals surface area contributed by atoms with E-state index >= 15 is 0 Å². The first-order valence-corrected chi connectivity index (χ1v) is 11.1. The molecule has 3 heterocycles. The number of carbonyl (C=O) groups is 1. The summed E-state index contributed by atoms with van der Waals surface area (Å²) < 4.78 is 29.3. The molecule has 0 fully saturated rings. The van der Waals surface area contributed by atoms with Crippen LogP contribution in [0.25, 0.3) is 11.7 Å². The highest BCUT2D eigenvalue weighted by Crippen LogP contribution is 2.20. The predicted molar refractivity (Wildman–Crippen MR) is 116 cm³/mol. The van der Waals surface area contributed by atoms with Crippen LogP contribution in [0.15, 0.2) is 64.6 Å². The van der Waals surface area contributed by atoms with Crippen LogP contribution < -0.4 is 10.0 Å². The second-order valence-electron chi connectivity index (χ2n) is 6.60. The van der Waals surface area contributed by atoms with E-state index in [4.69, 9.17) is 11.6 Å². The Hall–Kier alpha value is -3.17. The topological polar surface area (TPSA) is 105 Å². The van der Waals surface area contributed by atoms with Gasteiger partial charge in [-0.1, -0.05) is 23.7 Å². The summed E-state index contributed by atoms with van der Waals surface area (Å²) in [6.45, 7) is 0.622. The molecule has 1 aromatic carbocycles. The van der Waals surface area contributed by atoms with Crippen LogP contribution in [0.3, 0.4) is 0 Å². The molecule has 30 heavy (non-hydrogen) atoms. The van der Waals surface area contributed by atoms with Gasteiger partial charge in [-0.3, -0.25) is 18.9 Å². The van der Waals surface area contributed by atoms with Gasteiger partial charge in [-0.2, -0.15) is 0 Å². The fourth-order valence-corrected chi connectivity index (χ4v) is 4.43. The number of fused-ring (bicyclic) bond motifs is 1. The molecule has 10 heteroatoms. The van der Waals surface area contributed by atoms with Crippen molar-refractivity contribution in [3.8, 4) is 0 Å². The monoisotopic (exact) mass is 443 g/mol. The van der Waals surface area contributed by atoms with Crippen molar-refractivity contribution in [2.75, 3.05) is 11.9 Å². The highest BCUT2D eigenvalue weighted by atomic mass is 35.5. The van der Waals surface area contributed by atoms with Crippen LogP contribution in [0.4, 0.5) is 5.69 Å². The minimum absolute atomic E-state index is 0.0451. The number of benzene rings is 1. The van der Waals surface area contributed by atoms with Crippen molar-refractivity contribution in [3.05, 3.63) is 65.6 Å². The van der Waals surface area contributed by atoms with E-state index in [1.54, 1.807) is 34.9 Å². The molecule has 2 aromatic heterocycles. The Morgan fingerprint density at radius 3 is 2.87 bits per heavy atom. The molecular formula is C20H18ClN5O3S. The van der Waals surface area contributed by atoms with Gasteiger partial charge in [0.1, 0.15) is 11.5 Å². The summed E-state index contributed by atoms with van der Waals surface area (Å²) in [6.07, 6.45) is 6.10.